The second-order valence-corrected chi connectivity index (χ2v) is 6.05. The molecule has 0 aromatic rings. The number of alkyl halides is 2. The first-order chi connectivity index (χ1) is 4.52. The van der Waals surface area contributed by atoms with Crippen LogP contribution in [-0.4, -0.2) is 8.92 Å². The Morgan fingerprint density at radius 3 is 2.80 bits per heavy atom. The van der Waals surface area contributed by atoms with Gasteiger partial charge in [0.05, 0.1) is 6.04 Å². The first-order valence-electron chi connectivity index (χ1n) is 2.72. The molecule has 0 bridgehead atoms. The summed E-state index contributed by atoms with van der Waals surface area (Å²) in [5, 5.41) is 0. The van der Waals surface area contributed by atoms with Crippen molar-refractivity contribution in [2.75, 3.05) is 0 Å². The summed E-state index contributed by atoms with van der Waals surface area (Å²) in [6, 6.07) is -0.101. The first kappa shape index (κ1) is 9.03. The van der Waals surface area contributed by atoms with Gasteiger partial charge in [0.1, 0.15) is 2.88 Å². The van der Waals surface area contributed by atoms with Crippen LogP contribution in [0.5, 0.6) is 0 Å². The number of halogens is 3. The summed E-state index contributed by atoms with van der Waals surface area (Å²) in [5.41, 5.74) is 5.68. The lowest BCUT2D eigenvalue weighted by Crippen LogP contribution is -2.36. The van der Waals surface area contributed by atoms with Crippen molar-refractivity contribution in [3.63, 3.8) is 0 Å². The number of allylic oxidation sites excluding steroid dienone is 2. The van der Waals surface area contributed by atoms with Gasteiger partial charge in [-0.3, -0.25) is 0 Å². The molecule has 1 nitrogen and oxygen atoms in total. The monoisotopic (exact) mass is 333 g/mol. The second kappa shape index (κ2) is 3.13. The number of hydrogen-bond donors (Lipinski definition) is 1. The minimum atomic E-state index is -0.467. The maximum atomic E-state index is 6.02. The molecule has 10 heavy (non-hydrogen) atoms. The molecule has 0 heterocycles. The van der Waals surface area contributed by atoms with Crippen LogP contribution in [0.2, 0.25) is 0 Å². The molecule has 0 saturated carbocycles. The van der Waals surface area contributed by atoms with Crippen LogP contribution in [0.1, 0.15) is 0 Å². The Labute approximate surface area is 87.0 Å². The average Bonchev–Trinajstić information content (AvgIpc) is 1.78. The smallest absolute Gasteiger partial charge is 0.133 e. The molecular formula is C6H6BrClIN. The van der Waals surface area contributed by atoms with Crippen LogP contribution < -0.4 is 5.73 Å². The molecule has 56 valence electrons. The van der Waals surface area contributed by atoms with Gasteiger partial charge >= 0.3 is 0 Å². The Bertz CT molecular complexity index is 200. The molecule has 0 radical (unpaired) electrons. The normalized spacial score (nSPS) is 39.6. The van der Waals surface area contributed by atoms with E-state index in [-0.39, 0.29) is 6.04 Å². The molecule has 2 unspecified atom stereocenters. The zero-order valence-corrected chi connectivity index (χ0v) is 9.52. The Hall–Kier alpha value is 0.940. The van der Waals surface area contributed by atoms with E-state index in [1.165, 1.54) is 0 Å². The number of rotatable bonds is 0. The maximum Gasteiger partial charge on any atom is 0.133 e. The molecule has 0 amide bonds. The highest BCUT2D eigenvalue weighted by molar-refractivity contribution is 14.1. The van der Waals surface area contributed by atoms with Crippen LogP contribution in [0.25, 0.3) is 0 Å². The van der Waals surface area contributed by atoms with E-state index in [0.717, 1.165) is 4.48 Å². The highest BCUT2D eigenvalue weighted by Crippen LogP contribution is 2.35. The molecule has 2 N–H and O–H groups in total. The van der Waals surface area contributed by atoms with Gasteiger partial charge in [0, 0.05) is 4.48 Å². The summed E-state index contributed by atoms with van der Waals surface area (Å²) in [5.74, 6) is 0. The Morgan fingerprint density at radius 2 is 2.40 bits per heavy atom. The van der Waals surface area contributed by atoms with Crippen molar-refractivity contribution >= 4 is 50.1 Å². The van der Waals surface area contributed by atoms with E-state index in [4.69, 9.17) is 17.3 Å². The molecule has 0 aromatic carbocycles. The quantitative estimate of drug-likeness (QED) is 0.535. The van der Waals surface area contributed by atoms with Crippen molar-refractivity contribution in [1.29, 1.82) is 0 Å². The van der Waals surface area contributed by atoms with Gasteiger partial charge < -0.3 is 5.73 Å². The largest absolute Gasteiger partial charge is 0.322 e. The summed E-state index contributed by atoms with van der Waals surface area (Å²) < 4.78 is 0.518. The van der Waals surface area contributed by atoms with Crippen LogP contribution in [0.15, 0.2) is 22.7 Å². The van der Waals surface area contributed by atoms with Gasteiger partial charge in [-0.05, 0) is 6.08 Å². The molecule has 0 fully saturated rings. The lowest BCUT2D eigenvalue weighted by atomic mass is 10.1. The molecule has 4 heteroatoms. The SMILES string of the molecule is NC1C=CC(Br)=CC1(Cl)I. The van der Waals surface area contributed by atoms with Gasteiger partial charge in [-0.25, -0.2) is 0 Å². The summed E-state index contributed by atoms with van der Waals surface area (Å²) in [6.45, 7) is 0. The third kappa shape index (κ3) is 1.96. The second-order valence-electron chi connectivity index (χ2n) is 2.09. The van der Waals surface area contributed by atoms with E-state index in [9.17, 15) is 0 Å². The fraction of sp³-hybridized carbons (Fsp3) is 0.333. The van der Waals surface area contributed by atoms with Crippen molar-refractivity contribution in [3.8, 4) is 0 Å². The van der Waals surface area contributed by atoms with E-state index in [1.807, 2.05) is 18.2 Å². The van der Waals surface area contributed by atoms with Crippen LogP contribution in [0.4, 0.5) is 0 Å². The Morgan fingerprint density at radius 1 is 1.80 bits per heavy atom. The van der Waals surface area contributed by atoms with E-state index in [0.29, 0.717) is 0 Å². The summed E-state index contributed by atoms with van der Waals surface area (Å²) in [7, 11) is 0. The van der Waals surface area contributed by atoms with E-state index >= 15 is 0 Å². The van der Waals surface area contributed by atoms with Crippen molar-refractivity contribution in [1.82, 2.24) is 0 Å². The Kier molecular flexibility index (Phi) is 2.82. The third-order valence-corrected chi connectivity index (χ3v) is 3.12. The zero-order chi connectivity index (χ0) is 7.78. The lowest BCUT2D eigenvalue weighted by molar-refractivity contribution is 0.812. The Balaban J connectivity index is 2.88. The van der Waals surface area contributed by atoms with Crippen LogP contribution in [-0.2, 0) is 0 Å². The van der Waals surface area contributed by atoms with Crippen LogP contribution in [0.3, 0.4) is 0 Å². The predicted octanol–water partition coefficient (Wildman–Crippen LogP) is 2.53. The van der Waals surface area contributed by atoms with Gasteiger partial charge in [0.15, 0.2) is 0 Å². The molecule has 1 rings (SSSR count). The molecule has 1 aliphatic carbocycles. The molecule has 0 aliphatic heterocycles. The van der Waals surface area contributed by atoms with Gasteiger partial charge in [0.2, 0.25) is 0 Å². The predicted molar refractivity (Wildman–Crippen MR) is 56.7 cm³/mol. The fourth-order valence-electron chi connectivity index (χ4n) is 0.652. The van der Waals surface area contributed by atoms with Crippen molar-refractivity contribution in [2.45, 2.75) is 8.92 Å². The van der Waals surface area contributed by atoms with E-state index < -0.39 is 2.88 Å². The standard InChI is InChI=1S/C6H6BrClIN/c7-4-1-2-5(10)6(8,9)3-4/h1-3,5H,10H2. The third-order valence-electron chi connectivity index (χ3n) is 1.24. The van der Waals surface area contributed by atoms with E-state index in [2.05, 4.69) is 38.5 Å². The number of hydrogen-bond acceptors (Lipinski definition) is 1. The average molecular weight is 334 g/mol. The van der Waals surface area contributed by atoms with Crippen LogP contribution in [0, 0.1) is 0 Å². The zero-order valence-electron chi connectivity index (χ0n) is 5.02. The molecule has 0 aromatic heterocycles. The summed E-state index contributed by atoms with van der Waals surface area (Å²) >= 11 is 11.5. The molecule has 1 aliphatic rings. The van der Waals surface area contributed by atoms with Crippen LogP contribution >= 0.6 is 50.1 Å². The minimum Gasteiger partial charge on any atom is -0.322 e. The topological polar surface area (TPSA) is 26.0 Å². The van der Waals surface area contributed by atoms with Gasteiger partial charge in [-0.2, -0.15) is 0 Å². The lowest BCUT2D eigenvalue weighted by Gasteiger charge is -2.24. The molecule has 0 saturated heterocycles. The van der Waals surface area contributed by atoms with Crippen molar-refractivity contribution < 1.29 is 0 Å². The molecular weight excluding hydrogens is 328 g/mol. The number of nitrogens with two attached hydrogens (primary N) is 1. The molecule has 0 spiro atoms. The van der Waals surface area contributed by atoms with Gasteiger partial charge in [-0.15, -0.1) is 11.6 Å². The van der Waals surface area contributed by atoms with Gasteiger partial charge in [0.25, 0.3) is 0 Å². The van der Waals surface area contributed by atoms with Gasteiger partial charge in [-0.1, -0.05) is 50.7 Å². The summed E-state index contributed by atoms with van der Waals surface area (Å²) in [6.07, 6.45) is 5.67. The fourth-order valence-corrected chi connectivity index (χ4v) is 2.46. The maximum absolute atomic E-state index is 6.02. The first-order valence-corrected chi connectivity index (χ1v) is 4.97. The highest BCUT2D eigenvalue weighted by atomic mass is 127. The molecule has 2 atom stereocenters. The highest BCUT2D eigenvalue weighted by Gasteiger charge is 2.29. The minimum absolute atomic E-state index is 0.101. The van der Waals surface area contributed by atoms with Crippen molar-refractivity contribution in [2.24, 2.45) is 5.73 Å². The summed E-state index contributed by atoms with van der Waals surface area (Å²) in [4.78, 5) is 0. The van der Waals surface area contributed by atoms with Crippen molar-refractivity contribution in [3.05, 3.63) is 22.7 Å². The van der Waals surface area contributed by atoms with E-state index in [1.54, 1.807) is 0 Å².